The van der Waals surface area contributed by atoms with Crippen LogP contribution in [0.4, 0.5) is 0 Å². The third kappa shape index (κ3) is 3.01. The van der Waals surface area contributed by atoms with E-state index in [9.17, 15) is 13.2 Å². The van der Waals surface area contributed by atoms with E-state index in [2.05, 4.69) is 18.6 Å². The summed E-state index contributed by atoms with van der Waals surface area (Å²) in [7, 11) is -2.15. The van der Waals surface area contributed by atoms with Crippen molar-refractivity contribution in [2.24, 2.45) is 11.3 Å². The van der Waals surface area contributed by atoms with Gasteiger partial charge in [-0.2, -0.15) is 0 Å². The predicted octanol–water partition coefficient (Wildman–Crippen LogP) is 1.83. The molecule has 3 atom stereocenters. The molecule has 0 bridgehead atoms. The maximum atomic E-state index is 12.6. The zero-order valence-corrected chi connectivity index (χ0v) is 13.3. The maximum Gasteiger partial charge on any atom is 0.310 e. The van der Waals surface area contributed by atoms with Gasteiger partial charge in [0.05, 0.1) is 18.3 Å². The Kier molecular flexibility index (Phi) is 4.44. The van der Waals surface area contributed by atoms with E-state index in [1.807, 2.05) is 0 Å². The first-order chi connectivity index (χ1) is 9.28. The van der Waals surface area contributed by atoms with Crippen molar-refractivity contribution in [2.75, 3.05) is 7.11 Å². The van der Waals surface area contributed by atoms with Gasteiger partial charge in [0.1, 0.15) is 0 Å². The molecule has 5 nitrogen and oxygen atoms in total. The van der Waals surface area contributed by atoms with Gasteiger partial charge in [0.25, 0.3) is 0 Å². The molecule has 0 aromatic heterocycles. The van der Waals surface area contributed by atoms with Gasteiger partial charge in [-0.15, -0.1) is 0 Å². The van der Waals surface area contributed by atoms with E-state index in [1.165, 1.54) is 7.11 Å². The number of methoxy groups -OCH3 is 1. The molecule has 0 amide bonds. The standard InChI is InChI=1S/C14H25NO4S/c1-14(2)9-5-8-12(14)15-20(17,18)11-7-4-6-10(11)13(16)19-3/h10-12,15H,4-9H2,1-3H3. The Morgan fingerprint density at radius 1 is 1.20 bits per heavy atom. The molecule has 2 aliphatic carbocycles. The molecule has 20 heavy (non-hydrogen) atoms. The number of carbonyl (C=O) groups is 1. The van der Waals surface area contributed by atoms with Crippen molar-refractivity contribution in [3.63, 3.8) is 0 Å². The number of hydrogen-bond acceptors (Lipinski definition) is 4. The number of nitrogens with one attached hydrogen (secondary N) is 1. The summed E-state index contributed by atoms with van der Waals surface area (Å²) in [6.45, 7) is 4.19. The summed E-state index contributed by atoms with van der Waals surface area (Å²) in [5.74, 6) is -0.912. The average Bonchev–Trinajstić information content (AvgIpc) is 2.96. The quantitative estimate of drug-likeness (QED) is 0.804. The molecule has 0 aromatic rings. The van der Waals surface area contributed by atoms with Crippen molar-refractivity contribution in [3.05, 3.63) is 0 Å². The topological polar surface area (TPSA) is 72.5 Å². The second-order valence-electron chi connectivity index (χ2n) is 6.70. The average molecular weight is 303 g/mol. The largest absolute Gasteiger partial charge is 0.469 e. The molecule has 0 heterocycles. The first-order valence-electron chi connectivity index (χ1n) is 7.37. The molecule has 0 aliphatic heterocycles. The molecule has 3 unspecified atom stereocenters. The molecule has 2 fully saturated rings. The monoisotopic (exact) mass is 303 g/mol. The minimum absolute atomic E-state index is 0.00750. The van der Waals surface area contributed by atoms with Crippen LogP contribution in [0.15, 0.2) is 0 Å². The molecular weight excluding hydrogens is 278 g/mol. The lowest BCUT2D eigenvalue weighted by Gasteiger charge is -2.29. The van der Waals surface area contributed by atoms with Crippen LogP contribution < -0.4 is 4.72 Å². The highest BCUT2D eigenvalue weighted by molar-refractivity contribution is 7.90. The van der Waals surface area contributed by atoms with Gasteiger partial charge < -0.3 is 4.74 Å². The zero-order valence-electron chi connectivity index (χ0n) is 12.5. The fourth-order valence-corrected chi connectivity index (χ4v) is 5.71. The van der Waals surface area contributed by atoms with E-state index >= 15 is 0 Å². The van der Waals surface area contributed by atoms with Crippen molar-refractivity contribution < 1.29 is 17.9 Å². The van der Waals surface area contributed by atoms with Crippen LogP contribution in [0.25, 0.3) is 0 Å². The summed E-state index contributed by atoms with van der Waals surface area (Å²) in [6, 6.07) is -0.0219. The predicted molar refractivity (Wildman–Crippen MR) is 76.6 cm³/mol. The molecule has 0 aromatic carbocycles. The lowest BCUT2D eigenvalue weighted by atomic mass is 9.88. The first kappa shape index (κ1) is 15.8. The van der Waals surface area contributed by atoms with Crippen LogP contribution in [0.1, 0.15) is 52.4 Å². The van der Waals surface area contributed by atoms with E-state index in [1.54, 1.807) is 0 Å². The zero-order chi connectivity index (χ0) is 15.0. The molecule has 0 saturated heterocycles. The molecule has 116 valence electrons. The van der Waals surface area contributed by atoms with Crippen LogP contribution in [0.3, 0.4) is 0 Å². The lowest BCUT2D eigenvalue weighted by molar-refractivity contribution is -0.145. The molecular formula is C14H25NO4S. The minimum atomic E-state index is -3.47. The molecule has 1 N–H and O–H groups in total. The van der Waals surface area contributed by atoms with Crippen LogP contribution in [-0.2, 0) is 19.6 Å². The van der Waals surface area contributed by atoms with E-state index in [0.29, 0.717) is 12.8 Å². The van der Waals surface area contributed by atoms with E-state index in [-0.39, 0.29) is 11.5 Å². The lowest BCUT2D eigenvalue weighted by Crippen LogP contribution is -2.47. The Morgan fingerprint density at radius 2 is 1.90 bits per heavy atom. The van der Waals surface area contributed by atoms with Crippen molar-refractivity contribution >= 4 is 16.0 Å². The number of sulfonamides is 1. The SMILES string of the molecule is COC(=O)C1CCCC1S(=O)(=O)NC1CCCC1(C)C. The van der Waals surface area contributed by atoms with E-state index in [0.717, 1.165) is 25.7 Å². The highest BCUT2D eigenvalue weighted by Gasteiger charge is 2.45. The number of ether oxygens (including phenoxy) is 1. The fraction of sp³-hybridized carbons (Fsp3) is 0.929. The fourth-order valence-electron chi connectivity index (χ4n) is 3.55. The van der Waals surface area contributed by atoms with Crippen molar-refractivity contribution in [2.45, 2.75) is 63.7 Å². The highest BCUT2D eigenvalue weighted by atomic mass is 32.2. The Balaban J connectivity index is 2.12. The summed E-state index contributed by atoms with van der Waals surface area (Å²) in [5.41, 5.74) is -0.00750. The van der Waals surface area contributed by atoms with Crippen LogP contribution in [0.2, 0.25) is 0 Å². The van der Waals surface area contributed by atoms with E-state index < -0.39 is 27.2 Å². The Bertz CT molecular complexity index is 472. The molecule has 2 aliphatic rings. The summed E-state index contributed by atoms with van der Waals surface area (Å²) in [6.07, 6.45) is 4.87. The van der Waals surface area contributed by atoms with E-state index in [4.69, 9.17) is 4.74 Å². The number of esters is 1. The van der Waals surface area contributed by atoms with Crippen LogP contribution in [0, 0.1) is 11.3 Å². The number of hydrogen-bond donors (Lipinski definition) is 1. The normalized spacial score (nSPS) is 33.2. The summed E-state index contributed by atoms with van der Waals surface area (Å²) >= 11 is 0. The Hall–Kier alpha value is -0.620. The first-order valence-corrected chi connectivity index (χ1v) is 8.91. The molecule has 2 saturated carbocycles. The van der Waals surface area contributed by atoms with Gasteiger partial charge in [0, 0.05) is 6.04 Å². The molecule has 6 heteroatoms. The minimum Gasteiger partial charge on any atom is -0.469 e. The van der Waals surface area contributed by atoms with Crippen molar-refractivity contribution in [1.82, 2.24) is 4.72 Å². The third-order valence-corrected chi connectivity index (χ3v) is 6.89. The van der Waals surface area contributed by atoms with Gasteiger partial charge in [-0.25, -0.2) is 13.1 Å². The summed E-state index contributed by atoms with van der Waals surface area (Å²) in [4.78, 5) is 11.7. The van der Waals surface area contributed by atoms with Gasteiger partial charge in [0.15, 0.2) is 0 Å². The second-order valence-corrected chi connectivity index (χ2v) is 8.63. The van der Waals surface area contributed by atoms with Crippen molar-refractivity contribution in [3.8, 4) is 0 Å². The van der Waals surface area contributed by atoms with Gasteiger partial charge in [-0.1, -0.05) is 26.7 Å². The number of rotatable bonds is 4. The van der Waals surface area contributed by atoms with Crippen LogP contribution in [0.5, 0.6) is 0 Å². The van der Waals surface area contributed by atoms with Crippen LogP contribution >= 0.6 is 0 Å². The van der Waals surface area contributed by atoms with Gasteiger partial charge in [-0.3, -0.25) is 4.79 Å². The Labute approximate surface area is 121 Å². The van der Waals surface area contributed by atoms with Crippen molar-refractivity contribution in [1.29, 1.82) is 0 Å². The van der Waals surface area contributed by atoms with Gasteiger partial charge in [-0.05, 0) is 31.1 Å². The summed E-state index contributed by atoms with van der Waals surface area (Å²) < 4.78 is 32.8. The molecule has 0 spiro atoms. The highest BCUT2D eigenvalue weighted by Crippen LogP contribution is 2.39. The molecule has 0 radical (unpaired) electrons. The van der Waals surface area contributed by atoms with Crippen LogP contribution in [-0.4, -0.2) is 32.8 Å². The number of carbonyl (C=O) groups excluding carboxylic acids is 1. The smallest absolute Gasteiger partial charge is 0.310 e. The summed E-state index contributed by atoms with van der Waals surface area (Å²) in [5, 5.41) is -0.633. The molecule has 2 rings (SSSR count). The second kappa shape index (κ2) is 5.64. The Morgan fingerprint density at radius 3 is 2.45 bits per heavy atom. The third-order valence-electron chi connectivity index (χ3n) is 4.92. The van der Waals surface area contributed by atoms with Gasteiger partial charge in [0.2, 0.25) is 10.0 Å². The van der Waals surface area contributed by atoms with Gasteiger partial charge >= 0.3 is 5.97 Å². The maximum absolute atomic E-state index is 12.6.